The number of hydrogen-bond acceptors (Lipinski definition) is 7. The monoisotopic (exact) mass is 694 g/mol. The standard InChI is InChI=1S/C38H45F3N4O5/c1-22(2)21-50-27-15-25-9-7-5-6-8-10-26(47)13-14-37-18-30(31(48)17-29-23(3)11-12-32(42-29)38(39,40)41)45(33(37)19-37)34(49)20-44-36(25)28(16-27)35(43-44)24(4)46/h11-12,15-16,22,30,33H,5-10,13-14,17-21H2,1-4H3/t30-,33+,37-/m0/s1. The van der Waals surface area contributed by atoms with Crippen LogP contribution in [0.3, 0.4) is 0 Å². The first-order chi connectivity index (χ1) is 23.7. The number of ether oxygens (including phenoxy) is 1. The highest BCUT2D eigenvalue weighted by molar-refractivity contribution is 6.06. The van der Waals surface area contributed by atoms with E-state index in [4.69, 9.17) is 4.74 Å². The summed E-state index contributed by atoms with van der Waals surface area (Å²) in [7, 11) is 0. The Labute approximate surface area is 289 Å². The summed E-state index contributed by atoms with van der Waals surface area (Å²) >= 11 is 0. The van der Waals surface area contributed by atoms with Crippen molar-refractivity contribution < 1.29 is 37.1 Å². The van der Waals surface area contributed by atoms with E-state index in [0.29, 0.717) is 67.3 Å². The third kappa shape index (κ3) is 7.35. The lowest BCUT2D eigenvalue weighted by molar-refractivity contribution is -0.141. The molecule has 2 aliphatic heterocycles. The van der Waals surface area contributed by atoms with Gasteiger partial charge in [-0.3, -0.25) is 23.9 Å². The number of pyridine rings is 1. The molecule has 6 rings (SSSR count). The predicted molar refractivity (Wildman–Crippen MR) is 180 cm³/mol. The van der Waals surface area contributed by atoms with Gasteiger partial charge in [-0.1, -0.05) is 32.8 Å². The van der Waals surface area contributed by atoms with E-state index in [1.807, 2.05) is 19.9 Å². The van der Waals surface area contributed by atoms with Gasteiger partial charge in [0.25, 0.3) is 0 Å². The predicted octanol–water partition coefficient (Wildman–Crippen LogP) is 7.02. The van der Waals surface area contributed by atoms with Crippen molar-refractivity contribution in [2.24, 2.45) is 11.3 Å². The van der Waals surface area contributed by atoms with Crippen molar-refractivity contribution in [3.8, 4) is 5.75 Å². The lowest BCUT2D eigenvalue weighted by Gasteiger charge is -2.27. The van der Waals surface area contributed by atoms with Gasteiger partial charge in [0.1, 0.15) is 29.5 Å². The van der Waals surface area contributed by atoms with Crippen LogP contribution in [0.4, 0.5) is 13.2 Å². The van der Waals surface area contributed by atoms with Crippen LogP contribution in [0.2, 0.25) is 0 Å². The number of carbonyl (C=O) groups excluding carboxylic acids is 4. The fraction of sp³-hybridized carbons (Fsp3) is 0.579. The maximum absolute atomic E-state index is 14.4. The molecule has 2 bridgehead atoms. The molecule has 3 atom stereocenters. The molecule has 2 fully saturated rings. The summed E-state index contributed by atoms with van der Waals surface area (Å²) < 4.78 is 48.1. The summed E-state index contributed by atoms with van der Waals surface area (Å²) in [5.74, 6) is 0.0768. The summed E-state index contributed by atoms with van der Waals surface area (Å²) in [6.07, 6.45) is 1.45. The molecule has 9 nitrogen and oxygen atoms in total. The zero-order valence-corrected chi connectivity index (χ0v) is 29.2. The molecule has 1 aliphatic carbocycles. The van der Waals surface area contributed by atoms with E-state index in [9.17, 15) is 32.3 Å². The van der Waals surface area contributed by atoms with Gasteiger partial charge >= 0.3 is 6.18 Å². The first kappa shape index (κ1) is 35.7. The van der Waals surface area contributed by atoms with Gasteiger partial charge in [0.15, 0.2) is 11.6 Å². The van der Waals surface area contributed by atoms with Crippen molar-refractivity contribution in [1.29, 1.82) is 0 Å². The molecule has 0 spiro atoms. The van der Waals surface area contributed by atoms with Gasteiger partial charge in [0.2, 0.25) is 5.91 Å². The maximum atomic E-state index is 14.4. The largest absolute Gasteiger partial charge is 0.493 e. The van der Waals surface area contributed by atoms with Crippen molar-refractivity contribution >= 4 is 34.2 Å². The minimum absolute atomic E-state index is 0.0285. The van der Waals surface area contributed by atoms with Crippen LogP contribution in [0.25, 0.3) is 10.9 Å². The second-order valence-electron chi connectivity index (χ2n) is 14.9. The number of piperidine rings is 1. The highest BCUT2D eigenvalue weighted by atomic mass is 19.4. The number of aryl methyl sites for hydroxylation is 2. The summed E-state index contributed by atoms with van der Waals surface area (Å²) in [4.78, 5) is 59.5. The van der Waals surface area contributed by atoms with Crippen molar-refractivity contribution in [1.82, 2.24) is 19.7 Å². The molecule has 0 N–H and O–H groups in total. The number of halogens is 3. The van der Waals surface area contributed by atoms with Crippen LogP contribution in [0.15, 0.2) is 24.3 Å². The van der Waals surface area contributed by atoms with Crippen LogP contribution in [-0.2, 0) is 39.9 Å². The number of amides is 1. The molecule has 50 heavy (non-hydrogen) atoms. The molecule has 2 aromatic heterocycles. The number of ketones is 3. The van der Waals surface area contributed by atoms with Gasteiger partial charge in [-0.2, -0.15) is 18.3 Å². The Morgan fingerprint density at radius 1 is 1.04 bits per heavy atom. The number of nitrogens with zero attached hydrogens (tertiary/aromatic N) is 4. The van der Waals surface area contributed by atoms with Crippen LogP contribution < -0.4 is 4.74 Å². The van der Waals surface area contributed by atoms with Gasteiger partial charge in [-0.15, -0.1) is 0 Å². The van der Waals surface area contributed by atoms with Gasteiger partial charge in [-0.25, -0.2) is 4.98 Å². The van der Waals surface area contributed by atoms with Crippen LogP contribution >= 0.6 is 0 Å². The number of Topliss-reactive ketones (excluding diaryl/α,β-unsaturated/α-hetero) is 3. The van der Waals surface area contributed by atoms with E-state index < -0.39 is 23.3 Å². The van der Waals surface area contributed by atoms with Crippen molar-refractivity contribution in [3.05, 3.63) is 52.5 Å². The topological polar surface area (TPSA) is 111 Å². The normalized spacial score (nSPS) is 23.2. The van der Waals surface area contributed by atoms with Crippen LogP contribution in [0.5, 0.6) is 5.75 Å². The Kier molecular flexibility index (Phi) is 9.94. The molecule has 4 heterocycles. The van der Waals surface area contributed by atoms with Gasteiger partial charge < -0.3 is 9.64 Å². The lowest BCUT2D eigenvalue weighted by Crippen LogP contribution is -2.45. The minimum atomic E-state index is -4.66. The Morgan fingerprint density at radius 2 is 1.78 bits per heavy atom. The van der Waals surface area contributed by atoms with Gasteiger partial charge in [0.05, 0.1) is 30.3 Å². The number of aromatic nitrogens is 3. The average Bonchev–Trinajstić information content (AvgIpc) is 3.46. The number of benzene rings is 1. The molecular formula is C38H45F3N4O5. The summed E-state index contributed by atoms with van der Waals surface area (Å²) in [6.45, 7) is 7.41. The zero-order chi connectivity index (χ0) is 36.0. The summed E-state index contributed by atoms with van der Waals surface area (Å²) in [5, 5.41) is 5.26. The number of hydrogen-bond donors (Lipinski definition) is 0. The van der Waals surface area contributed by atoms with Gasteiger partial charge in [0, 0.05) is 31.2 Å². The van der Waals surface area contributed by atoms with Crippen LogP contribution in [-0.4, -0.2) is 61.6 Å². The smallest absolute Gasteiger partial charge is 0.433 e. The van der Waals surface area contributed by atoms with E-state index in [0.717, 1.165) is 37.3 Å². The SMILES string of the molecule is CC(=O)c1nn2c3c(cc(OCC(C)C)cc13)CCCCCCC(=O)CC[C@@]13C[C@@H](C(=O)Cc4nc(C(F)(F)F)ccc4C)N(C(=O)C2)[C@@H]1C3. The Morgan fingerprint density at radius 3 is 2.48 bits per heavy atom. The van der Waals surface area contributed by atoms with Gasteiger partial charge in [-0.05, 0) is 86.1 Å². The molecule has 3 aromatic rings. The third-order valence-corrected chi connectivity index (χ3v) is 10.6. The number of alkyl halides is 3. The summed E-state index contributed by atoms with van der Waals surface area (Å²) in [5.41, 5.74) is 0.817. The quantitative estimate of drug-likeness (QED) is 0.245. The molecule has 0 unspecified atom stereocenters. The fourth-order valence-electron chi connectivity index (χ4n) is 7.82. The minimum Gasteiger partial charge on any atom is -0.493 e. The molecule has 1 aromatic carbocycles. The molecule has 1 saturated heterocycles. The first-order valence-electron chi connectivity index (χ1n) is 17.7. The van der Waals surface area contributed by atoms with E-state index in [2.05, 4.69) is 10.1 Å². The van der Waals surface area contributed by atoms with Crippen molar-refractivity contribution in [3.63, 3.8) is 0 Å². The molecule has 3 aliphatic rings. The number of rotatable bonds is 7. The Hall–Kier alpha value is -4.09. The summed E-state index contributed by atoms with van der Waals surface area (Å²) in [6, 6.07) is 4.81. The average molecular weight is 695 g/mol. The Balaban J connectivity index is 1.38. The Bertz CT molecular complexity index is 1830. The molecule has 1 saturated carbocycles. The fourth-order valence-corrected chi connectivity index (χ4v) is 7.82. The van der Waals surface area contributed by atoms with E-state index in [-0.39, 0.29) is 59.6 Å². The van der Waals surface area contributed by atoms with E-state index in [1.54, 1.807) is 22.6 Å². The third-order valence-electron chi connectivity index (χ3n) is 10.6. The first-order valence-corrected chi connectivity index (χ1v) is 17.7. The molecular weight excluding hydrogens is 649 g/mol. The van der Waals surface area contributed by atoms with Crippen molar-refractivity contribution in [2.45, 2.75) is 123 Å². The molecule has 1 amide bonds. The number of carbonyl (C=O) groups is 4. The molecule has 12 heteroatoms. The van der Waals surface area contributed by atoms with Crippen molar-refractivity contribution in [2.75, 3.05) is 6.61 Å². The molecule has 268 valence electrons. The van der Waals surface area contributed by atoms with E-state index in [1.165, 1.54) is 13.0 Å². The van der Waals surface area contributed by atoms with E-state index >= 15 is 0 Å². The lowest BCUT2D eigenvalue weighted by atomic mass is 9.89. The zero-order valence-electron chi connectivity index (χ0n) is 29.2. The highest BCUT2D eigenvalue weighted by Crippen LogP contribution is 2.62. The second-order valence-corrected chi connectivity index (χ2v) is 14.9. The second kappa shape index (κ2) is 13.9. The molecule has 0 radical (unpaired) electrons. The van der Waals surface area contributed by atoms with Crippen LogP contribution in [0.1, 0.15) is 112 Å². The maximum Gasteiger partial charge on any atom is 0.433 e. The van der Waals surface area contributed by atoms with Crippen LogP contribution in [0, 0.1) is 18.3 Å². The highest BCUT2D eigenvalue weighted by Gasteiger charge is 2.66.